The van der Waals surface area contributed by atoms with Gasteiger partial charge >= 0.3 is 0 Å². The van der Waals surface area contributed by atoms with Crippen LogP contribution < -0.4 is 9.64 Å². The molecule has 2 fully saturated rings. The van der Waals surface area contributed by atoms with Crippen LogP contribution in [0.15, 0.2) is 23.1 Å². The Labute approximate surface area is 173 Å². The maximum atomic E-state index is 13.0. The lowest BCUT2D eigenvalue weighted by Crippen LogP contribution is -2.50. The van der Waals surface area contributed by atoms with Gasteiger partial charge in [0, 0.05) is 45.2 Å². The predicted molar refractivity (Wildman–Crippen MR) is 111 cm³/mol. The molecule has 162 valence electrons. The third-order valence-corrected chi connectivity index (χ3v) is 7.62. The minimum atomic E-state index is -3.58. The van der Waals surface area contributed by atoms with Crippen molar-refractivity contribution in [1.29, 1.82) is 0 Å². The number of ether oxygens (including phenoxy) is 2. The van der Waals surface area contributed by atoms with Gasteiger partial charge in [-0.1, -0.05) is 13.8 Å². The van der Waals surface area contributed by atoms with E-state index in [0.29, 0.717) is 58.2 Å². The molecule has 2 heterocycles. The van der Waals surface area contributed by atoms with Gasteiger partial charge in [0.15, 0.2) is 0 Å². The van der Waals surface area contributed by atoms with E-state index in [-0.39, 0.29) is 16.7 Å². The number of rotatable bonds is 6. The summed E-state index contributed by atoms with van der Waals surface area (Å²) in [5.41, 5.74) is 0.748. The van der Waals surface area contributed by atoms with Crippen molar-refractivity contribution in [3.63, 3.8) is 0 Å². The molecule has 3 rings (SSSR count). The summed E-state index contributed by atoms with van der Waals surface area (Å²) in [6.07, 6.45) is 0.828. The molecule has 2 saturated heterocycles. The van der Waals surface area contributed by atoms with Gasteiger partial charge in [0.25, 0.3) is 0 Å². The van der Waals surface area contributed by atoms with Crippen LogP contribution in [0.25, 0.3) is 0 Å². The predicted octanol–water partition coefficient (Wildman–Crippen LogP) is 1.41. The Morgan fingerprint density at radius 1 is 1.14 bits per heavy atom. The Bertz CT molecular complexity index is 815. The number of piperazine rings is 1. The van der Waals surface area contributed by atoms with Gasteiger partial charge in [-0.3, -0.25) is 4.79 Å². The first kappa shape index (κ1) is 21.9. The summed E-state index contributed by atoms with van der Waals surface area (Å²) in [5, 5.41) is 0. The quantitative estimate of drug-likeness (QED) is 0.686. The Balaban J connectivity index is 1.79. The van der Waals surface area contributed by atoms with E-state index in [1.807, 2.05) is 18.7 Å². The largest absolute Gasteiger partial charge is 0.495 e. The van der Waals surface area contributed by atoms with Crippen molar-refractivity contribution in [2.45, 2.75) is 25.2 Å². The first-order valence-electron chi connectivity index (χ1n) is 10.2. The summed E-state index contributed by atoms with van der Waals surface area (Å²) in [4.78, 5) is 16.7. The van der Waals surface area contributed by atoms with E-state index >= 15 is 0 Å². The van der Waals surface area contributed by atoms with Crippen LogP contribution in [-0.2, 0) is 19.6 Å². The molecular weight excluding hydrogens is 394 g/mol. The molecule has 0 N–H and O–H groups in total. The molecule has 0 saturated carbocycles. The van der Waals surface area contributed by atoms with Gasteiger partial charge in [-0.2, -0.15) is 4.31 Å². The fraction of sp³-hybridized carbons (Fsp3) is 0.650. The Hall–Kier alpha value is -1.84. The first-order chi connectivity index (χ1) is 13.9. The molecule has 0 aliphatic carbocycles. The van der Waals surface area contributed by atoms with Crippen molar-refractivity contribution in [2.75, 3.05) is 64.5 Å². The van der Waals surface area contributed by atoms with Crippen LogP contribution in [0.2, 0.25) is 0 Å². The number of benzene rings is 1. The number of morpholine rings is 1. The highest BCUT2D eigenvalue weighted by Gasteiger charge is 2.29. The normalized spacial score (nSPS) is 19.8. The standard InChI is InChI=1S/C20H31N3O5S/c1-4-16(2)20(24)22-9-7-21(8-10-22)18-15-17(5-6-19(18)27-3)29(25,26)23-11-13-28-14-12-23/h5-6,15-16H,4,7-14H2,1-3H3. The van der Waals surface area contributed by atoms with E-state index < -0.39 is 10.0 Å². The average molecular weight is 426 g/mol. The van der Waals surface area contributed by atoms with E-state index in [4.69, 9.17) is 9.47 Å². The number of amides is 1. The third kappa shape index (κ3) is 4.67. The second kappa shape index (κ2) is 9.32. The number of anilines is 1. The van der Waals surface area contributed by atoms with Gasteiger partial charge in [-0.05, 0) is 24.6 Å². The summed E-state index contributed by atoms with van der Waals surface area (Å²) < 4.78 is 38.3. The van der Waals surface area contributed by atoms with Gasteiger partial charge in [0.1, 0.15) is 5.75 Å². The highest BCUT2D eigenvalue weighted by Crippen LogP contribution is 2.33. The lowest BCUT2D eigenvalue weighted by molar-refractivity contribution is -0.135. The Morgan fingerprint density at radius 2 is 1.79 bits per heavy atom. The van der Waals surface area contributed by atoms with E-state index in [1.165, 1.54) is 4.31 Å². The number of carbonyl (C=O) groups is 1. The molecule has 0 bridgehead atoms. The van der Waals surface area contributed by atoms with Gasteiger partial charge in [-0.25, -0.2) is 8.42 Å². The van der Waals surface area contributed by atoms with Crippen LogP contribution in [0.1, 0.15) is 20.3 Å². The molecule has 0 aromatic heterocycles. The zero-order valence-corrected chi connectivity index (χ0v) is 18.3. The molecule has 29 heavy (non-hydrogen) atoms. The molecule has 1 aromatic rings. The van der Waals surface area contributed by atoms with Crippen molar-refractivity contribution in [1.82, 2.24) is 9.21 Å². The lowest BCUT2D eigenvalue weighted by atomic mass is 10.1. The molecule has 0 radical (unpaired) electrons. The second-order valence-corrected chi connectivity index (χ2v) is 9.41. The molecule has 9 heteroatoms. The van der Waals surface area contributed by atoms with Crippen molar-refractivity contribution < 1.29 is 22.7 Å². The molecule has 1 amide bonds. The topological polar surface area (TPSA) is 79.4 Å². The SMILES string of the molecule is CCC(C)C(=O)N1CCN(c2cc(S(=O)(=O)N3CCOCC3)ccc2OC)CC1. The molecule has 0 spiro atoms. The summed E-state index contributed by atoms with van der Waals surface area (Å²) >= 11 is 0. The molecule has 1 atom stereocenters. The van der Waals surface area contributed by atoms with Crippen LogP contribution in [-0.4, -0.2) is 83.1 Å². The van der Waals surface area contributed by atoms with Crippen molar-refractivity contribution >= 4 is 21.6 Å². The molecule has 8 nitrogen and oxygen atoms in total. The van der Waals surface area contributed by atoms with E-state index in [0.717, 1.165) is 12.1 Å². The number of hydrogen-bond acceptors (Lipinski definition) is 6. The number of methoxy groups -OCH3 is 1. The van der Waals surface area contributed by atoms with Gasteiger partial charge in [-0.15, -0.1) is 0 Å². The highest BCUT2D eigenvalue weighted by atomic mass is 32.2. The number of nitrogens with zero attached hydrogens (tertiary/aromatic N) is 3. The highest BCUT2D eigenvalue weighted by molar-refractivity contribution is 7.89. The fourth-order valence-corrected chi connectivity index (χ4v) is 5.10. The van der Waals surface area contributed by atoms with Crippen LogP contribution in [0.5, 0.6) is 5.75 Å². The number of carbonyl (C=O) groups excluding carboxylic acids is 1. The van der Waals surface area contributed by atoms with Crippen LogP contribution in [0.4, 0.5) is 5.69 Å². The van der Waals surface area contributed by atoms with E-state index in [2.05, 4.69) is 4.90 Å². The monoisotopic (exact) mass is 425 g/mol. The molecular formula is C20H31N3O5S. The zero-order chi connectivity index (χ0) is 21.0. The summed E-state index contributed by atoms with van der Waals surface area (Å²) in [7, 11) is -2.00. The summed E-state index contributed by atoms with van der Waals surface area (Å²) in [5.74, 6) is 0.841. The lowest BCUT2D eigenvalue weighted by Gasteiger charge is -2.37. The van der Waals surface area contributed by atoms with Crippen molar-refractivity contribution in [3.05, 3.63) is 18.2 Å². The summed E-state index contributed by atoms with van der Waals surface area (Å²) in [6, 6.07) is 4.99. The maximum Gasteiger partial charge on any atom is 0.243 e. The Morgan fingerprint density at radius 3 is 2.38 bits per heavy atom. The minimum absolute atomic E-state index is 0.0260. The maximum absolute atomic E-state index is 13.0. The molecule has 1 aromatic carbocycles. The second-order valence-electron chi connectivity index (χ2n) is 7.47. The smallest absolute Gasteiger partial charge is 0.243 e. The average Bonchev–Trinajstić information content (AvgIpc) is 2.78. The minimum Gasteiger partial charge on any atom is -0.495 e. The third-order valence-electron chi connectivity index (χ3n) is 5.72. The van der Waals surface area contributed by atoms with Crippen molar-refractivity contribution in [3.8, 4) is 5.75 Å². The fourth-order valence-electron chi connectivity index (χ4n) is 3.67. The van der Waals surface area contributed by atoms with Crippen LogP contribution >= 0.6 is 0 Å². The van der Waals surface area contributed by atoms with E-state index in [1.54, 1.807) is 25.3 Å². The van der Waals surface area contributed by atoms with Crippen molar-refractivity contribution in [2.24, 2.45) is 5.92 Å². The van der Waals surface area contributed by atoms with Gasteiger partial charge in [0.2, 0.25) is 15.9 Å². The van der Waals surface area contributed by atoms with Gasteiger partial charge < -0.3 is 19.3 Å². The summed E-state index contributed by atoms with van der Waals surface area (Å²) in [6.45, 7) is 8.03. The molecule has 2 aliphatic heterocycles. The Kier molecular flexibility index (Phi) is 7.02. The number of hydrogen-bond donors (Lipinski definition) is 0. The first-order valence-corrected chi connectivity index (χ1v) is 11.6. The molecule has 2 aliphatic rings. The zero-order valence-electron chi connectivity index (χ0n) is 17.5. The number of sulfonamides is 1. The van der Waals surface area contributed by atoms with Crippen LogP contribution in [0, 0.1) is 5.92 Å². The van der Waals surface area contributed by atoms with Gasteiger partial charge in [0.05, 0.1) is 30.9 Å². The van der Waals surface area contributed by atoms with E-state index in [9.17, 15) is 13.2 Å². The van der Waals surface area contributed by atoms with Crippen LogP contribution in [0.3, 0.4) is 0 Å². The molecule has 1 unspecified atom stereocenters.